The fourth-order valence-electron chi connectivity index (χ4n) is 4.01. The van der Waals surface area contributed by atoms with Gasteiger partial charge in [0.2, 0.25) is 0 Å². The van der Waals surface area contributed by atoms with Gasteiger partial charge in [0.15, 0.2) is 11.5 Å². The number of nitrogens with two attached hydrogens (primary N) is 1. The van der Waals surface area contributed by atoms with Crippen LogP contribution >= 0.6 is 0 Å². The lowest BCUT2D eigenvalue weighted by Gasteiger charge is -2.36. The van der Waals surface area contributed by atoms with E-state index in [1.165, 1.54) is 5.56 Å². The molecule has 29 heavy (non-hydrogen) atoms. The molecule has 1 saturated heterocycles. The van der Waals surface area contributed by atoms with Gasteiger partial charge < -0.3 is 20.3 Å². The highest BCUT2D eigenvalue weighted by Gasteiger charge is 2.28. The molecule has 0 amide bonds. The monoisotopic (exact) mass is 398 g/mol. The molecule has 0 spiro atoms. The van der Waals surface area contributed by atoms with Crippen LogP contribution in [0.5, 0.6) is 11.5 Å². The molecule has 2 aromatic rings. The SMILES string of the molecule is CCCCOc1c(N)cc(CC2CN(Cc3ccccc3)CCC2O)cc1OC. The molecule has 3 rings (SSSR count). The van der Waals surface area contributed by atoms with Gasteiger partial charge in [0.05, 0.1) is 25.5 Å². The first-order valence-corrected chi connectivity index (χ1v) is 10.6. The van der Waals surface area contributed by atoms with Gasteiger partial charge >= 0.3 is 0 Å². The van der Waals surface area contributed by atoms with Crippen molar-refractivity contribution in [3.05, 3.63) is 53.6 Å². The van der Waals surface area contributed by atoms with E-state index in [0.29, 0.717) is 23.8 Å². The van der Waals surface area contributed by atoms with Crippen LogP contribution in [0.2, 0.25) is 0 Å². The van der Waals surface area contributed by atoms with E-state index in [-0.39, 0.29) is 12.0 Å². The number of likely N-dealkylation sites (tertiary alicyclic amines) is 1. The van der Waals surface area contributed by atoms with E-state index in [2.05, 4.69) is 36.1 Å². The summed E-state index contributed by atoms with van der Waals surface area (Å²) in [5, 5.41) is 10.6. The number of rotatable bonds is 9. The molecule has 0 radical (unpaired) electrons. The quantitative estimate of drug-likeness (QED) is 0.496. The zero-order chi connectivity index (χ0) is 20.6. The van der Waals surface area contributed by atoms with Crippen LogP contribution < -0.4 is 15.2 Å². The van der Waals surface area contributed by atoms with Crippen LogP contribution in [0, 0.1) is 5.92 Å². The highest BCUT2D eigenvalue weighted by Crippen LogP contribution is 2.36. The van der Waals surface area contributed by atoms with E-state index < -0.39 is 0 Å². The second kappa shape index (κ2) is 10.5. The van der Waals surface area contributed by atoms with Crippen LogP contribution in [-0.2, 0) is 13.0 Å². The summed E-state index contributed by atoms with van der Waals surface area (Å²) in [6.07, 6.45) is 3.31. The molecule has 3 N–H and O–H groups in total. The van der Waals surface area contributed by atoms with Gasteiger partial charge in [0, 0.05) is 25.6 Å². The zero-order valence-corrected chi connectivity index (χ0v) is 17.6. The van der Waals surface area contributed by atoms with Gasteiger partial charge in [0.1, 0.15) is 0 Å². The number of nitrogen functional groups attached to an aromatic ring is 1. The number of unbranched alkanes of at least 4 members (excludes halogenated alkanes) is 1. The van der Waals surface area contributed by atoms with Gasteiger partial charge in [-0.2, -0.15) is 0 Å². The summed E-state index contributed by atoms with van der Waals surface area (Å²) in [6, 6.07) is 14.5. The Morgan fingerprint density at radius 1 is 1.17 bits per heavy atom. The maximum Gasteiger partial charge on any atom is 0.184 e. The molecule has 0 aliphatic carbocycles. The Morgan fingerprint density at radius 3 is 2.69 bits per heavy atom. The summed E-state index contributed by atoms with van der Waals surface area (Å²) in [5.41, 5.74) is 9.25. The second-order valence-electron chi connectivity index (χ2n) is 7.96. The molecule has 2 atom stereocenters. The fourth-order valence-corrected chi connectivity index (χ4v) is 4.01. The van der Waals surface area contributed by atoms with Crippen LogP contribution in [-0.4, -0.2) is 42.9 Å². The largest absolute Gasteiger partial charge is 0.493 e. The topological polar surface area (TPSA) is 68.0 Å². The van der Waals surface area contributed by atoms with E-state index >= 15 is 0 Å². The summed E-state index contributed by atoms with van der Waals surface area (Å²) in [4.78, 5) is 2.43. The van der Waals surface area contributed by atoms with Gasteiger partial charge in [-0.05, 0) is 42.5 Å². The lowest BCUT2D eigenvalue weighted by atomic mass is 9.88. The van der Waals surface area contributed by atoms with E-state index in [0.717, 1.165) is 50.9 Å². The molecule has 0 aromatic heterocycles. The summed E-state index contributed by atoms with van der Waals surface area (Å²) >= 11 is 0. The number of benzene rings is 2. The Hall–Kier alpha value is -2.24. The van der Waals surface area contributed by atoms with Crippen LogP contribution in [0.3, 0.4) is 0 Å². The van der Waals surface area contributed by atoms with E-state index in [4.69, 9.17) is 15.2 Å². The number of aliphatic hydroxyl groups excluding tert-OH is 1. The summed E-state index contributed by atoms with van der Waals surface area (Å²) in [5.74, 6) is 1.46. The van der Waals surface area contributed by atoms with Crippen LogP contribution in [0.4, 0.5) is 5.69 Å². The molecule has 1 heterocycles. The standard InChI is InChI=1S/C24H34N2O3/c1-3-4-12-29-24-21(25)14-19(15-23(24)28-2)13-20-17-26(11-10-22(20)27)16-18-8-6-5-7-9-18/h5-9,14-15,20,22,27H,3-4,10-13,16-17,25H2,1-2H3. The first-order valence-electron chi connectivity index (χ1n) is 10.6. The predicted octanol–water partition coefficient (Wildman–Crippen LogP) is 3.88. The second-order valence-corrected chi connectivity index (χ2v) is 7.96. The number of hydrogen-bond donors (Lipinski definition) is 2. The predicted molar refractivity (Wildman–Crippen MR) is 117 cm³/mol. The molecule has 158 valence electrons. The summed E-state index contributed by atoms with van der Waals surface area (Å²) < 4.78 is 11.4. The third kappa shape index (κ3) is 5.87. The van der Waals surface area contributed by atoms with Crippen molar-refractivity contribution in [2.45, 2.75) is 45.3 Å². The minimum atomic E-state index is -0.297. The third-order valence-electron chi connectivity index (χ3n) is 5.63. The number of piperidine rings is 1. The van der Waals surface area contributed by atoms with Crippen LogP contribution in [0.15, 0.2) is 42.5 Å². The van der Waals surface area contributed by atoms with Crippen molar-refractivity contribution in [1.82, 2.24) is 4.90 Å². The van der Waals surface area contributed by atoms with Crippen LogP contribution in [0.25, 0.3) is 0 Å². The Morgan fingerprint density at radius 2 is 1.97 bits per heavy atom. The summed E-state index contributed by atoms with van der Waals surface area (Å²) in [6.45, 7) is 5.46. The van der Waals surface area contributed by atoms with E-state index in [1.807, 2.05) is 18.2 Å². The molecule has 0 saturated carbocycles. The molecule has 2 unspecified atom stereocenters. The number of nitrogens with zero attached hydrogens (tertiary/aromatic N) is 1. The molecule has 5 heteroatoms. The number of hydrogen-bond acceptors (Lipinski definition) is 5. The van der Waals surface area contributed by atoms with Crippen molar-refractivity contribution in [2.75, 3.05) is 32.5 Å². The molecule has 2 aromatic carbocycles. The smallest absolute Gasteiger partial charge is 0.184 e. The van der Waals surface area contributed by atoms with E-state index in [1.54, 1.807) is 7.11 Å². The fraction of sp³-hybridized carbons (Fsp3) is 0.500. The maximum absolute atomic E-state index is 10.6. The number of anilines is 1. The summed E-state index contributed by atoms with van der Waals surface area (Å²) in [7, 11) is 1.64. The average Bonchev–Trinajstić information content (AvgIpc) is 2.72. The van der Waals surface area contributed by atoms with Gasteiger partial charge in [0.25, 0.3) is 0 Å². The zero-order valence-electron chi connectivity index (χ0n) is 17.6. The average molecular weight is 399 g/mol. The molecular weight excluding hydrogens is 364 g/mol. The molecule has 1 fully saturated rings. The van der Waals surface area contributed by atoms with Crippen molar-refractivity contribution in [2.24, 2.45) is 5.92 Å². The molecule has 1 aliphatic heterocycles. The number of ether oxygens (including phenoxy) is 2. The Labute approximate surface area is 174 Å². The van der Waals surface area contributed by atoms with Crippen molar-refractivity contribution in [1.29, 1.82) is 0 Å². The highest BCUT2D eigenvalue weighted by atomic mass is 16.5. The third-order valence-corrected chi connectivity index (χ3v) is 5.63. The van der Waals surface area contributed by atoms with Crippen LogP contribution in [0.1, 0.15) is 37.3 Å². The van der Waals surface area contributed by atoms with Crippen molar-refractivity contribution < 1.29 is 14.6 Å². The van der Waals surface area contributed by atoms with Gasteiger partial charge in [-0.3, -0.25) is 4.90 Å². The van der Waals surface area contributed by atoms with Gasteiger partial charge in [-0.25, -0.2) is 0 Å². The van der Waals surface area contributed by atoms with Crippen molar-refractivity contribution >= 4 is 5.69 Å². The van der Waals surface area contributed by atoms with Crippen molar-refractivity contribution in [3.63, 3.8) is 0 Å². The minimum Gasteiger partial charge on any atom is -0.493 e. The maximum atomic E-state index is 10.6. The molecule has 1 aliphatic rings. The minimum absolute atomic E-state index is 0.170. The molecule has 5 nitrogen and oxygen atoms in total. The lowest BCUT2D eigenvalue weighted by molar-refractivity contribution is 0.0239. The normalized spacial score (nSPS) is 19.8. The van der Waals surface area contributed by atoms with Gasteiger partial charge in [-0.1, -0.05) is 43.7 Å². The highest BCUT2D eigenvalue weighted by molar-refractivity contribution is 5.62. The number of methoxy groups -OCH3 is 1. The van der Waals surface area contributed by atoms with E-state index in [9.17, 15) is 5.11 Å². The first kappa shape index (κ1) is 21.5. The molecule has 0 bridgehead atoms. The molecular formula is C24H34N2O3. The Balaban J connectivity index is 1.67. The lowest BCUT2D eigenvalue weighted by Crippen LogP contribution is -2.43. The first-order chi connectivity index (χ1) is 14.1. The Kier molecular flexibility index (Phi) is 7.78. The van der Waals surface area contributed by atoms with Crippen molar-refractivity contribution in [3.8, 4) is 11.5 Å². The van der Waals surface area contributed by atoms with Gasteiger partial charge in [-0.15, -0.1) is 0 Å². The number of aliphatic hydroxyl groups is 1. The Bertz CT molecular complexity index is 766.